The van der Waals surface area contributed by atoms with E-state index in [1.807, 2.05) is 0 Å². The Balaban J connectivity index is 2.14. The molecule has 90 valence electrons. The van der Waals surface area contributed by atoms with Crippen LogP contribution >= 0.6 is 0 Å². The van der Waals surface area contributed by atoms with Gasteiger partial charge in [-0.15, -0.1) is 0 Å². The fourth-order valence-electron chi connectivity index (χ4n) is 1.63. The molecule has 0 saturated carbocycles. The van der Waals surface area contributed by atoms with Gasteiger partial charge >= 0.3 is 0 Å². The molecule has 1 amide bonds. The molecule has 1 heterocycles. The number of hydrogen-bond acceptors (Lipinski definition) is 3. The molecule has 6 heteroatoms. The van der Waals surface area contributed by atoms with Gasteiger partial charge in [0.1, 0.15) is 0 Å². The van der Waals surface area contributed by atoms with Gasteiger partial charge in [0.25, 0.3) is 11.6 Å². The van der Waals surface area contributed by atoms with E-state index in [2.05, 4.69) is 4.36 Å². The third-order valence-electron chi connectivity index (χ3n) is 2.55. The van der Waals surface area contributed by atoms with Crippen LogP contribution in [0.3, 0.4) is 0 Å². The first-order valence-electron chi connectivity index (χ1n) is 5.35. The van der Waals surface area contributed by atoms with Gasteiger partial charge in [0.15, 0.2) is 0 Å². The third-order valence-corrected chi connectivity index (χ3v) is 4.49. The lowest BCUT2D eigenvalue weighted by atomic mass is 10.2. The minimum atomic E-state index is -0.482. The maximum Gasteiger partial charge on any atom is 0.282 e. The van der Waals surface area contributed by atoms with E-state index >= 15 is 0 Å². The summed E-state index contributed by atoms with van der Waals surface area (Å²) in [5.41, 5.74) is 0.417. The van der Waals surface area contributed by atoms with Gasteiger partial charge in [-0.25, -0.2) is 0 Å². The van der Waals surface area contributed by atoms with Crippen molar-refractivity contribution in [2.75, 3.05) is 11.5 Å². The first-order chi connectivity index (χ1) is 8.16. The standard InChI is InChI=1S/C11H12N2O3S/c14-11(12-17-7-1-2-8-17)9-3-5-10(6-4-9)13(15)16/h3-6H,1-2,7-8H2. The smallest absolute Gasteiger partial charge is 0.266 e. The van der Waals surface area contributed by atoms with E-state index in [1.165, 1.54) is 24.3 Å². The van der Waals surface area contributed by atoms with Crippen LogP contribution in [0.15, 0.2) is 28.6 Å². The third kappa shape index (κ3) is 2.97. The molecule has 17 heavy (non-hydrogen) atoms. The van der Waals surface area contributed by atoms with Gasteiger partial charge in [-0.1, -0.05) is 10.7 Å². The average Bonchev–Trinajstić information content (AvgIpc) is 2.82. The summed E-state index contributed by atoms with van der Waals surface area (Å²) in [7, 11) is -0.130. The first kappa shape index (κ1) is 11.9. The highest BCUT2D eigenvalue weighted by Crippen LogP contribution is 2.14. The number of nitro groups is 1. The summed E-state index contributed by atoms with van der Waals surface area (Å²) in [6.45, 7) is 0. The number of non-ortho nitro benzene ring substituents is 1. The predicted molar refractivity (Wildman–Crippen MR) is 66.2 cm³/mol. The fourth-order valence-corrected chi connectivity index (χ4v) is 3.43. The molecule has 0 N–H and O–H groups in total. The molecule has 0 aromatic heterocycles. The molecule has 0 spiro atoms. The Morgan fingerprint density at radius 3 is 2.35 bits per heavy atom. The second-order valence-corrected chi connectivity index (χ2v) is 5.70. The summed E-state index contributed by atoms with van der Waals surface area (Å²) < 4.78 is 4.14. The molecule has 1 saturated heterocycles. The SMILES string of the molecule is O=C(N=S1CCCC1)c1ccc([N+](=O)[O-])cc1. The zero-order chi connectivity index (χ0) is 12.3. The molecular weight excluding hydrogens is 240 g/mol. The Kier molecular flexibility index (Phi) is 3.63. The summed E-state index contributed by atoms with van der Waals surface area (Å²) in [6, 6.07) is 5.59. The largest absolute Gasteiger partial charge is 0.282 e. The van der Waals surface area contributed by atoms with E-state index in [-0.39, 0.29) is 22.3 Å². The summed E-state index contributed by atoms with van der Waals surface area (Å²) in [4.78, 5) is 21.7. The molecule has 0 atom stereocenters. The van der Waals surface area contributed by atoms with Crippen molar-refractivity contribution in [1.29, 1.82) is 0 Å². The van der Waals surface area contributed by atoms with Crippen LogP contribution in [-0.2, 0) is 10.7 Å². The van der Waals surface area contributed by atoms with Crippen molar-refractivity contribution in [3.05, 3.63) is 39.9 Å². The first-order valence-corrected chi connectivity index (χ1v) is 6.87. The van der Waals surface area contributed by atoms with Crippen molar-refractivity contribution in [3.8, 4) is 0 Å². The van der Waals surface area contributed by atoms with Crippen LogP contribution in [0.4, 0.5) is 5.69 Å². The van der Waals surface area contributed by atoms with Gasteiger partial charge in [0, 0.05) is 29.2 Å². The lowest BCUT2D eigenvalue weighted by Gasteiger charge is -1.98. The zero-order valence-corrected chi connectivity index (χ0v) is 9.98. The van der Waals surface area contributed by atoms with E-state index in [0.717, 1.165) is 24.3 Å². The van der Waals surface area contributed by atoms with Crippen LogP contribution < -0.4 is 0 Å². The lowest BCUT2D eigenvalue weighted by Crippen LogP contribution is -2.00. The normalized spacial score (nSPS) is 15.8. The Hall–Kier alpha value is -1.56. The molecule has 1 fully saturated rings. The summed E-state index contributed by atoms with van der Waals surface area (Å²) >= 11 is 0. The number of benzene rings is 1. The Labute approximate surface area is 101 Å². The molecule has 0 bridgehead atoms. The van der Waals surface area contributed by atoms with Crippen molar-refractivity contribution in [2.24, 2.45) is 4.36 Å². The van der Waals surface area contributed by atoms with Crippen molar-refractivity contribution in [1.82, 2.24) is 0 Å². The Morgan fingerprint density at radius 2 is 1.82 bits per heavy atom. The molecule has 0 aliphatic carbocycles. The summed E-state index contributed by atoms with van der Waals surface area (Å²) in [5.74, 6) is 1.74. The second kappa shape index (κ2) is 5.18. The molecule has 1 aromatic rings. The van der Waals surface area contributed by atoms with E-state index in [1.54, 1.807) is 0 Å². The summed E-state index contributed by atoms with van der Waals surface area (Å²) in [6.07, 6.45) is 2.28. The molecule has 5 nitrogen and oxygen atoms in total. The molecule has 2 rings (SSSR count). The second-order valence-electron chi connectivity index (χ2n) is 3.78. The van der Waals surface area contributed by atoms with Crippen molar-refractivity contribution in [3.63, 3.8) is 0 Å². The van der Waals surface area contributed by atoms with Crippen molar-refractivity contribution in [2.45, 2.75) is 12.8 Å². The van der Waals surface area contributed by atoms with Crippen LogP contribution in [0.5, 0.6) is 0 Å². The summed E-state index contributed by atoms with van der Waals surface area (Å²) in [5, 5.41) is 10.5. The molecule has 1 aliphatic rings. The van der Waals surface area contributed by atoms with E-state index in [9.17, 15) is 14.9 Å². The molecule has 0 unspecified atom stereocenters. The Morgan fingerprint density at radius 1 is 1.24 bits per heavy atom. The van der Waals surface area contributed by atoms with Crippen molar-refractivity contribution >= 4 is 22.3 Å². The minimum absolute atomic E-state index is 0.00938. The number of carbonyl (C=O) groups is 1. The van der Waals surface area contributed by atoms with E-state index in [0.29, 0.717) is 5.56 Å². The minimum Gasteiger partial charge on any atom is -0.266 e. The van der Waals surface area contributed by atoms with E-state index in [4.69, 9.17) is 0 Å². The van der Waals surface area contributed by atoms with Crippen LogP contribution in [0.25, 0.3) is 0 Å². The van der Waals surface area contributed by atoms with Gasteiger partial charge in [-0.3, -0.25) is 14.9 Å². The van der Waals surface area contributed by atoms with Crippen LogP contribution in [0.1, 0.15) is 23.2 Å². The highest BCUT2D eigenvalue weighted by atomic mass is 32.2. The van der Waals surface area contributed by atoms with Gasteiger partial charge in [-0.05, 0) is 25.0 Å². The number of carbonyl (C=O) groups excluding carboxylic acids is 1. The van der Waals surface area contributed by atoms with Crippen molar-refractivity contribution < 1.29 is 9.72 Å². The lowest BCUT2D eigenvalue weighted by molar-refractivity contribution is -0.384. The maximum absolute atomic E-state index is 11.8. The fraction of sp³-hybridized carbons (Fsp3) is 0.364. The monoisotopic (exact) mass is 252 g/mol. The van der Waals surface area contributed by atoms with Crippen LogP contribution in [0.2, 0.25) is 0 Å². The molecule has 0 radical (unpaired) electrons. The van der Waals surface area contributed by atoms with Gasteiger partial charge in [0.2, 0.25) is 0 Å². The topological polar surface area (TPSA) is 72.6 Å². The van der Waals surface area contributed by atoms with Gasteiger partial charge < -0.3 is 0 Å². The molecular formula is C11H12N2O3S. The van der Waals surface area contributed by atoms with Crippen LogP contribution in [-0.4, -0.2) is 22.3 Å². The number of nitro benzene ring substituents is 1. The van der Waals surface area contributed by atoms with E-state index < -0.39 is 4.92 Å². The highest BCUT2D eigenvalue weighted by molar-refractivity contribution is 7.87. The van der Waals surface area contributed by atoms with Crippen LogP contribution in [0, 0.1) is 10.1 Å². The highest BCUT2D eigenvalue weighted by Gasteiger charge is 2.12. The quantitative estimate of drug-likeness (QED) is 0.599. The molecule has 1 aliphatic heterocycles. The average molecular weight is 252 g/mol. The Bertz CT molecular complexity index is 474. The van der Waals surface area contributed by atoms with Gasteiger partial charge in [-0.2, -0.15) is 4.36 Å². The molecule has 1 aromatic carbocycles. The number of hydrogen-bond donors (Lipinski definition) is 0. The maximum atomic E-state index is 11.8. The number of rotatable bonds is 2. The van der Waals surface area contributed by atoms with Gasteiger partial charge in [0.05, 0.1) is 4.92 Å². The predicted octanol–water partition coefficient (Wildman–Crippen LogP) is 2.33. The number of nitrogens with zero attached hydrogens (tertiary/aromatic N) is 2. The number of amides is 1. The zero-order valence-electron chi connectivity index (χ0n) is 9.17.